The number of fused-ring (bicyclic) bond motifs is 1. The van der Waals surface area contributed by atoms with Crippen molar-refractivity contribution >= 4 is 41.3 Å². The minimum atomic E-state index is -0.809. The summed E-state index contributed by atoms with van der Waals surface area (Å²) in [4.78, 5) is 12.9. The number of nitrogens with zero attached hydrogens (tertiary/aromatic N) is 1. The van der Waals surface area contributed by atoms with E-state index < -0.39 is 35.8 Å². The van der Waals surface area contributed by atoms with Crippen molar-refractivity contribution in [2.45, 2.75) is 65.3 Å². The van der Waals surface area contributed by atoms with Gasteiger partial charge in [-0.1, -0.05) is 11.6 Å². The smallest absolute Gasteiger partial charge is 0.443 e. The molecule has 0 N–H and O–H groups in total. The van der Waals surface area contributed by atoms with Gasteiger partial charge in [0.05, 0.1) is 27.3 Å². The fourth-order valence-corrected chi connectivity index (χ4v) is 3.03. The second-order valence-electron chi connectivity index (χ2n) is 8.80. The van der Waals surface area contributed by atoms with Gasteiger partial charge in [-0.05, 0) is 66.7 Å². The van der Waals surface area contributed by atoms with Gasteiger partial charge in [0.1, 0.15) is 11.4 Å². The minimum absolute atomic E-state index is 0.0779. The molecule has 1 aromatic heterocycles. The van der Waals surface area contributed by atoms with E-state index in [0.29, 0.717) is 16.5 Å². The van der Waals surface area contributed by atoms with Crippen LogP contribution < -0.4 is 5.59 Å². The molecule has 0 spiro atoms. The van der Waals surface area contributed by atoms with Crippen LogP contribution in [0.5, 0.6) is 0 Å². The van der Waals surface area contributed by atoms with Crippen LogP contribution in [-0.2, 0) is 14.0 Å². The molecular weight excluding hydrogens is 371 g/mol. The Morgan fingerprint density at radius 3 is 2.22 bits per heavy atom. The Bertz CT molecular complexity index is 901. The van der Waals surface area contributed by atoms with Gasteiger partial charge in [-0.2, -0.15) is 0 Å². The van der Waals surface area contributed by atoms with Crippen molar-refractivity contribution in [2.75, 3.05) is 0 Å². The Morgan fingerprint density at radius 1 is 1.15 bits per heavy atom. The molecule has 0 atom stereocenters. The second-order valence-corrected chi connectivity index (χ2v) is 9.21. The molecule has 2 aromatic rings. The Kier molecular flexibility index (Phi) is 4.65. The van der Waals surface area contributed by atoms with Gasteiger partial charge in [0, 0.05) is 5.39 Å². The zero-order chi connectivity index (χ0) is 20.4. The van der Waals surface area contributed by atoms with Crippen LogP contribution in [0, 0.1) is 5.82 Å². The molecule has 0 unspecified atom stereocenters. The highest BCUT2D eigenvalue weighted by Gasteiger charge is 2.53. The van der Waals surface area contributed by atoms with Crippen molar-refractivity contribution in [1.29, 1.82) is 0 Å². The van der Waals surface area contributed by atoms with Gasteiger partial charge < -0.3 is 14.0 Å². The summed E-state index contributed by atoms with van der Waals surface area (Å²) >= 11 is 5.95. The molecular formula is C19H24BClFNO4. The molecule has 1 aliphatic heterocycles. The number of hydrogen-bond donors (Lipinski definition) is 0. The zero-order valence-corrected chi connectivity index (χ0v) is 17.4. The summed E-state index contributed by atoms with van der Waals surface area (Å²) in [6.45, 7) is 13.0. The molecule has 1 aromatic carbocycles. The average Bonchev–Trinajstić information content (AvgIpc) is 2.92. The summed E-state index contributed by atoms with van der Waals surface area (Å²) < 4.78 is 33.0. The third-order valence-electron chi connectivity index (χ3n) is 4.94. The van der Waals surface area contributed by atoms with Crippen molar-refractivity contribution in [3.8, 4) is 0 Å². The Morgan fingerprint density at radius 2 is 1.70 bits per heavy atom. The van der Waals surface area contributed by atoms with Crippen LogP contribution in [0.15, 0.2) is 18.2 Å². The Hall–Kier alpha value is -1.57. The first kappa shape index (κ1) is 20.2. The highest BCUT2D eigenvalue weighted by molar-refractivity contribution is 6.62. The summed E-state index contributed by atoms with van der Waals surface area (Å²) in [5.74, 6) is -0.564. The largest absolute Gasteiger partial charge is 0.513 e. The first-order chi connectivity index (χ1) is 12.2. The normalized spacial score (nSPS) is 18.9. The van der Waals surface area contributed by atoms with E-state index in [0.717, 1.165) is 0 Å². The summed E-state index contributed by atoms with van der Waals surface area (Å²) in [5, 5.41) is 0.429. The maximum atomic E-state index is 14.0. The number of carbonyl (C=O) groups excluding carboxylic acids is 1. The first-order valence-electron chi connectivity index (χ1n) is 8.81. The van der Waals surface area contributed by atoms with E-state index in [-0.39, 0.29) is 5.02 Å². The number of rotatable bonds is 1. The third kappa shape index (κ3) is 3.60. The van der Waals surface area contributed by atoms with Crippen LogP contribution in [0.25, 0.3) is 10.9 Å². The monoisotopic (exact) mass is 395 g/mol. The topological polar surface area (TPSA) is 49.7 Å². The summed E-state index contributed by atoms with van der Waals surface area (Å²) in [6, 6.07) is 4.36. The van der Waals surface area contributed by atoms with Crippen molar-refractivity contribution in [3.63, 3.8) is 0 Å². The van der Waals surface area contributed by atoms with E-state index in [1.807, 2.05) is 27.7 Å². The molecule has 0 bridgehead atoms. The molecule has 1 fully saturated rings. The van der Waals surface area contributed by atoms with Gasteiger partial charge in [0.2, 0.25) is 0 Å². The lowest BCUT2D eigenvalue weighted by molar-refractivity contribution is 0.00578. The van der Waals surface area contributed by atoms with Crippen LogP contribution in [0.1, 0.15) is 48.5 Å². The number of carbonyl (C=O) groups is 1. The predicted octanol–water partition coefficient (Wildman–Crippen LogP) is 4.52. The molecule has 5 nitrogen and oxygen atoms in total. The van der Waals surface area contributed by atoms with Crippen LogP contribution in [-0.4, -0.2) is 34.6 Å². The van der Waals surface area contributed by atoms with Gasteiger partial charge in [-0.25, -0.2) is 9.18 Å². The van der Waals surface area contributed by atoms with Gasteiger partial charge in [-0.15, -0.1) is 0 Å². The molecule has 0 amide bonds. The molecule has 1 saturated heterocycles. The fraction of sp³-hybridized carbons (Fsp3) is 0.526. The SMILES string of the molecule is CC(C)(C)OC(=O)n1c(B2OC(C)(C)C(C)(C)O2)cc2cc(F)c(Cl)cc21. The molecule has 0 aliphatic carbocycles. The average molecular weight is 396 g/mol. The van der Waals surface area contributed by atoms with Crippen molar-refractivity contribution in [2.24, 2.45) is 0 Å². The molecule has 146 valence electrons. The van der Waals surface area contributed by atoms with Crippen molar-refractivity contribution < 1.29 is 23.2 Å². The molecule has 1 aliphatic rings. The molecule has 27 heavy (non-hydrogen) atoms. The molecule has 8 heteroatoms. The van der Waals surface area contributed by atoms with Crippen LogP contribution >= 0.6 is 11.6 Å². The third-order valence-corrected chi connectivity index (χ3v) is 5.23. The molecule has 0 saturated carbocycles. The van der Waals surface area contributed by atoms with Crippen LogP contribution in [0.4, 0.5) is 9.18 Å². The lowest BCUT2D eigenvalue weighted by atomic mass is 9.84. The number of halogens is 2. The van der Waals surface area contributed by atoms with Crippen LogP contribution in [0.2, 0.25) is 5.02 Å². The van der Waals surface area contributed by atoms with Gasteiger partial charge in [-0.3, -0.25) is 4.57 Å². The van der Waals surface area contributed by atoms with E-state index in [4.69, 9.17) is 25.6 Å². The number of aromatic nitrogens is 1. The zero-order valence-electron chi connectivity index (χ0n) is 16.6. The summed E-state index contributed by atoms with van der Waals surface area (Å²) in [7, 11) is -0.809. The predicted molar refractivity (Wildman–Crippen MR) is 104 cm³/mol. The maximum absolute atomic E-state index is 14.0. The maximum Gasteiger partial charge on any atom is 0.513 e. The number of hydrogen-bond acceptors (Lipinski definition) is 4. The summed E-state index contributed by atoms with van der Waals surface area (Å²) in [6.07, 6.45) is -0.607. The standard InChI is InChI=1S/C19H24BClFNO4/c1-17(2,3)25-16(24)23-14-10-12(21)13(22)8-11(14)9-15(23)20-26-18(4,5)19(6,7)27-20/h8-10H,1-7H3. The Balaban J connectivity index is 2.17. The van der Waals surface area contributed by atoms with Crippen molar-refractivity contribution in [1.82, 2.24) is 4.57 Å². The van der Waals surface area contributed by atoms with E-state index in [1.54, 1.807) is 26.8 Å². The van der Waals surface area contributed by atoms with E-state index >= 15 is 0 Å². The van der Waals surface area contributed by atoms with Gasteiger partial charge in [0.25, 0.3) is 0 Å². The minimum Gasteiger partial charge on any atom is -0.443 e. The van der Waals surface area contributed by atoms with E-state index in [1.165, 1.54) is 16.7 Å². The van der Waals surface area contributed by atoms with Gasteiger partial charge >= 0.3 is 13.2 Å². The lowest BCUT2D eigenvalue weighted by Gasteiger charge is -2.32. The second kappa shape index (κ2) is 6.22. The Labute approximate surface area is 163 Å². The van der Waals surface area contributed by atoms with Crippen LogP contribution in [0.3, 0.4) is 0 Å². The first-order valence-corrected chi connectivity index (χ1v) is 9.19. The highest BCUT2D eigenvalue weighted by atomic mass is 35.5. The summed E-state index contributed by atoms with van der Waals surface area (Å²) in [5.41, 5.74) is -1.02. The quantitative estimate of drug-likeness (QED) is 0.666. The number of benzene rings is 1. The van der Waals surface area contributed by atoms with E-state index in [2.05, 4.69) is 0 Å². The molecule has 3 rings (SSSR count). The van der Waals surface area contributed by atoms with E-state index in [9.17, 15) is 9.18 Å². The number of ether oxygens (including phenoxy) is 1. The molecule has 0 radical (unpaired) electrons. The van der Waals surface area contributed by atoms with Gasteiger partial charge in [0.15, 0.2) is 0 Å². The lowest BCUT2D eigenvalue weighted by Crippen LogP contribution is -2.43. The fourth-order valence-electron chi connectivity index (χ4n) is 2.87. The molecule has 2 heterocycles. The van der Waals surface area contributed by atoms with Crippen molar-refractivity contribution in [3.05, 3.63) is 29.0 Å². The highest BCUT2D eigenvalue weighted by Crippen LogP contribution is 2.37.